The van der Waals surface area contributed by atoms with Crippen LogP contribution in [0.1, 0.15) is 50.5 Å². The third-order valence-electron chi connectivity index (χ3n) is 4.91. The van der Waals surface area contributed by atoms with Gasteiger partial charge in [-0.3, -0.25) is 4.79 Å². The van der Waals surface area contributed by atoms with Crippen LogP contribution in [-0.4, -0.2) is 33.4 Å². The number of hydrogen-bond donors (Lipinski definition) is 0. The highest BCUT2D eigenvalue weighted by molar-refractivity contribution is 5.81. The van der Waals surface area contributed by atoms with E-state index in [1.807, 2.05) is 6.20 Å². The highest BCUT2D eigenvalue weighted by Gasteiger charge is 2.35. The van der Waals surface area contributed by atoms with Crippen molar-refractivity contribution in [1.82, 2.24) is 14.5 Å². The number of aryl methyl sites for hydroxylation is 1. The minimum atomic E-state index is 0.368. The smallest absolute Gasteiger partial charge is 0.225 e. The zero-order valence-corrected chi connectivity index (χ0v) is 13.3. The van der Waals surface area contributed by atoms with Crippen molar-refractivity contribution < 1.29 is 4.79 Å². The maximum absolute atomic E-state index is 12.1. The van der Waals surface area contributed by atoms with Gasteiger partial charge in [-0.25, -0.2) is 4.98 Å². The Morgan fingerprint density at radius 1 is 1.29 bits per heavy atom. The predicted molar refractivity (Wildman–Crippen MR) is 83.0 cm³/mol. The molecular weight excluding hydrogens is 262 g/mol. The van der Waals surface area contributed by atoms with Gasteiger partial charge in [-0.1, -0.05) is 6.92 Å². The Morgan fingerprint density at radius 2 is 2.00 bits per heavy atom. The minimum Gasteiger partial charge on any atom is -0.342 e. The van der Waals surface area contributed by atoms with Gasteiger partial charge < -0.3 is 9.47 Å². The molecule has 3 rings (SSSR count). The van der Waals surface area contributed by atoms with Gasteiger partial charge in [0.2, 0.25) is 5.91 Å². The SMILES string of the molecule is CCCn1c(C)cnc1CC1CCN(C(=O)C2CC2)CC1. The minimum absolute atomic E-state index is 0.368. The quantitative estimate of drug-likeness (QED) is 0.836. The van der Waals surface area contributed by atoms with Crippen LogP contribution in [-0.2, 0) is 17.8 Å². The van der Waals surface area contributed by atoms with Crippen LogP contribution in [0, 0.1) is 18.8 Å². The van der Waals surface area contributed by atoms with E-state index in [0.717, 1.165) is 58.2 Å². The fourth-order valence-electron chi connectivity index (χ4n) is 3.41. The van der Waals surface area contributed by atoms with E-state index in [0.29, 0.717) is 17.7 Å². The van der Waals surface area contributed by atoms with Crippen LogP contribution in [0.15, 0.2) is 6.20 Å². The number of nitrogens with zero attached hydrogens (tertiary/aromatic N) is 3. The predicted octanol–water partition coefficient (Wildman–Crippen LogP) is 2.79. The number of rotatable bonds is 5. The second-order valence-electron chi connectivity index (χ2n) is 6.71. The summed E-state index contributed by atoms with van der Waals surface area (Å²) < 4.78 is 2.36. The average molecular weight is 289 g/mol. The normalized spacial score (nSPS) is 20.0. The van der Waals surface area contributed by atoms with E-state index in [4.69, 9.17) is 0 Å². The number of hydrogen-bond acceptors (Lipinski definition) is 2. The Labute approximate surface area is 127 Å². The van der Waals surface area contributed by atoms with Gasteiger partial charge in [0.25, 0.3) is 0 Å². The molecule has 0 atom stereocenters. The third kappa shape index (κ3) is 3.30. The number of carbonyl (C=O) groups is 1. The second-order valence-corrected chi connectivity index (χ2v) is 6.71. The first kappa shape index (κ1) is 14.6. The zero-order chi connectivity index (χ0) is 14.8. The number of imidazole rings is 1. The van der Waals surface area contributed by atoms with Gasteiger partial charge in [0, 0.05) is 43.9 Å². The summed E-state index contributed by atoms with van der Waals surface area (Å²) in [5.41, 5.74) is 1.27. The van der Waals surface area contributed by atoms with E-state index in [1.54, 1.807) is 0 Å². The Hall–Kier alpha value is -1.32. The summed E-state index contributed by atoms with van der Waals surface area (Å²) in [6.07, 6.45) is 8.72. The van der Waals surface area contributed by atoms with Crippen LogP contribution in [0.2, 0.25) is 0 Å². The molecule has 1 aliphatic heterocycles. The lowest BCUT2D eigenvalue weighted by Gasteiger charge is -2.32. The molecular formula is C17H27N3O. The Kier molecular flexibility index (Phi) is 4.32. The maximum Gasteiger partial charge on any atom is 0.225 e. The van der Waals surface area contributed by atoms with Crippen molar-refractivity contribution in [3.8, 4) is 0 Å². The van der Waals surface area contributed by atoms with Crippen LogP contribution < -0.4 is 0 Å². The van der Waals surface area contributed by atoms with Gasteiger partial charge in [-0.2, -0.15) is 0 Å². The first-order valence-electron chi connectivity index (χ1n) is 8.48. The molecule has 0 bridgehead atoms. The molecule has 116 valence electrons. The van der Waals surface area contributed by atoms with Gasteiger partial charge in [-0.05, 0) is 44.9 Å². The number of amides is 1. The van der Waals surface area contributed by atoms with Gasteiger partial charge in [-0.15, -0.1) is 0 Å². The largest absolute Gasteiger partial charge is 0.342 e. The molecule has 2 aliphatic rings. The Morgan fingerprint density at radius 3 is 2.62 bits per heavy atom. The summed E-state index contributed by atoms with van der Waals surface area (Å²) in [5.74, 6) is 2.71. The van der Waals surface area contributed by atoms with E-state index >= 15 is 0 Å². The molecule has 1 amide bonds. The van der Waals surface area contributed by atoms with Crippen LogP contribution in [0.25, 0.3) is 0 Å². The van der Waals surface area contributed by atoms with E-state index in [9.17, 15) is 4.79 Å². The molecule has 1 aliphatic carbocycles. The summed E-state index contributed by atoms with van der Waals surface area (Å²) in [5, 5.41) is 0. The molecule has 1 aromatic heterocycles. The maximum atomic E-state index is 12.1. The fourth-order valence-corrected chi connectivity index (χ4v) is 3.41. The fraction of sp³-hybridized carbons (Fsp3) is 0.765. The zero-order valence-electron chi connectivity index (χ0n) is 13.3. The van der Waals surface area contributed by atoms with Gasteiger partial charge in [0.1, 0.15) is 5.82 Å². The summed E-state index contributed by atoms with van der Waals surface area (Å²) in [7, 11) is 0. The van der Waals surface area contributed by atoms with E-state index in [2.05, 4.69) is 28.3 Å². The summed E-state index contributed by atoms with van der Waals surface area (Å²) >= 11 is 0. The molecule has 0 radical (unpaired) electrons. The van der Waals surface area contributed by atoms with Crippen LogP contribution in [0.5, 0.6) is 0 Å². The van der Waals surface area contributed by atoms with Gasteiger partial charge in [0.05, 0.1) is 0 Å². The highest BCUT2D eigenvalue weighted by Crippen LogP contribution is 2.32. The van der Waals surface area contributed by atoms with Crippen molar-refractivity contribution in [3.63, 3.8) is 0 Å². The summed E-state index contributed by atoms with van der Waals surface area (Å²) in [4.78, 5) is 18.8. The van der Waals surface area contributed by atoms with Gasteiger partial charge >= 0.3 is 0 Å². The van der Waals surface area contributed by atoms with Crippen molar-refractivity contribution in [1.29, 1.82) is 0 Å². The number of piperidine rings is 1. The number of carbonyl (C=O) groups excluding carboxylic acids is 1. The average Bonchev–Trinajstić information content (AvgIpc) is 3.29. The molecule has 2 fully saturated rings. The molecule has 0 spiro atoms. The van der Waals surface area contributed by atoms with E-state index < -0.39 is 0 Å². The molecule has 21 heavy (non-hydrogen) atoms. The Bertz CT molecular complexity index is 496. The molecule has 4 heteroatoms. The molecule has 1 aromatic rings. The van der Waals surface area contributed by atoms with Crippen molar-refractivity contribution in [2.75, 3.05) is 13.1 Å². The van der Waals surface area contributed by atoms with Crippen molar-refractivity contribution in [2.45, 2.75) is 58.9 Å². The molecule has 2 heterocycles. The second kappa shape index (κ2) is 6.20. The molecule has 4 nitrogen and oxygen atoms in total. The first-order valence-corrected chi connectivity index (χ1v) is 8.48. The van der Waals surface area contributed by atoms with E-state index in [-0.39, 0.29) is 0 Å². The standard InChI is InChI=1S/C17H27N3O/c1-3-8-20-13(2)12-18-16(20)11-14-6-9-19(10-7-14)17(21)15-4-5-15/h12,14-15H,3-11H2,1-2H3. The third-order valence-corrected chi connectivity index (χ3v) is 4.91. The molecule has 0 aromatic carbocycles. The first-order chi connectivity index (χ1) is 10.2. The summed E-state index contributed by atoms with van der Waals surface area (Å²) in [6, 6.07) is 0. The Balaban J connectivity index is 1.54. The lowest BCUT2D eigenvalue weighted by molar-refractivity contribution is -0.133. The number of likely N-dealkylation sites (tertiary alicyclic amines) is 1. The van der Waals surface area contributed by atoms with Crippen molar-refractivity contribution in [2.24, 2.45) is 11.8 Å². The topological polar surface area (TPSA) is 38.1 Å². The molecule has 0 unspecified atom stereocenters. The van der Waals surface area contributed by atoms with Crippen molar-refractivity contribution in [3.05, 3.63) is 17.7 Å². The molecule has 1 saturated carbocycles. The monoisotopic (exact) mass is 289 g/mol. The number of aromatic nitrogens is 2. The van der Waals surface area contributed by atoms with Crippen LogP contribution >= 0.6 is 0 Å². The van der Waals surface area contributed by atoms with Crippen LogP contribution in [0.4, 0.5) is 0 Å². The molecule has 1 saturated heterocycles. The van der Waals surface area contributed by atoms with Gasteiger partial charge in [0.15, 0.2) is 0 Å². The lowest BCUT2D eigenvalue weighted by Crippen LogP contribution is -2.39. The van der Waals surface area contributed by atoms with Crippen LogP contribution in [0.3, 0.4) is 0 Å². The molecule has 0 N–H and O–H groups in total. The highest BCUT2D eigenvalue weighted by atomic mass is 16.2. The lowest BCUT2D eigenvalue weighted by atomic mass is 9.93. The van der Waals surface area contributed by atoms with E-state index in [1.165, 1.54) is 11.5 Å². The summed E-state index contributed by atoms with van der Waals surface area (Å²) in [6.45, 7) is 7.33. The van der Waals surface area contributed by atoms with Crippen molar-refractivity contribution >= 4 is 5.91 Å².